The van der Waals surface area contributed by atoms with Crippen LogP contribution in [0.2, 0.25) is 0 Å². The van der Waals surface area contributed by atoms with Crippen LogP contribution in [0.3, 0.4) is 0 Å². The minimum atomic E-state index is -2.34. The quantitative estimate of drug-likeness (QED) is 0.560. The number of rotatable bonds is 5. The molecule has 1 atom stereocenters. The van der Waals surface area contributed by atoms with Gasteiger partial charge in [0.2, 0.25) is 5.60 Å². The Hall–Kier alpha value is -2.91. The number of nitrogens with one attached hydrogen (secondary N) is 1. The fourth-order valence-electron chi connectivity index (χ4n) is 4.06. The molecule has 0 radical (unpaired) electrons. The summed E-state index contributed by atoms with van der Waals surface area (Å²) in [7, 11) is 0. The normalized spacial score (nSPS) is 20.9. The van der Waals surface area contributed by atoms with E-state index >= 15 is 0 Å². The first-order valence-electron chi connectivity index (χ1n) is 10.0. The van der Waals surface area contributed by atoms with Crippen LogP contribution in [0.1, 0.15) is 30.0 Å². The van der Waals surface area contributed by atoms with Crippen molar-refractivity contribution < 1.29 is 27.9 Å². The summed E-state index contributed by atoms with van der Waals surface area (Å²) in [6.07, 6.45) is -0.157. The van der Waals surface area contributed by atoms with E-state index in [1.165, 1.54) is 10.5 Å². The molecule has 2 amide bonds. The number of benzene rings is 2. The molecule has 2 N–H and O–H groups in total. The maximum absolute atomic E-state index is 13.8. The van der Waals surface area contributed by atoms with Crippen molar-refractivity contribution in [2.45, 2.75) is 38.6 Å². The van der Waals surface area contributed by atoms with Crippen molar-refractivity contribution >= 4 is 17.5 Å². The van der Waals surface area contributed by atoms with Crippen LogP contribution < -0.4 is 10.2 Å². The van der Waals surface area contributed by atoms with E-state index in [9.17, 15) is 27.9 Å². The highest BCUT2D eigenvalue weighted by Crippen LogP contribution is 2.32. The molecule has 2 aromatic carbocycles. The largest absolute Gasteiger partial charge is 0.372 e. The molecule has 0 bridgehead atoms. The van der Waals surface area contributed by atoms with Gasteiger partial charge < -0.3 is 15.3 Å². The molecule has 1 fully saturated rings. The second-order valence-electron chi connectivity index (χ2n) is 7.87. The summed E-state index contributed by atoms with van der Waals surface area (Å²) < 4.78 is 40.5. The Balaban J connectivity index is 1.47. The van der Waals surface area contributed by atoms with Gasteiger partial charge in [-0.2, -0.15) is 0 Å². The van der Waals surface area contributed by atoms with Gasteiger partial charge in [0.25, 0.3) is 11.8 Å². The molecule has 164 valence electrons. The number of fused-ring (bicyclic) bond motifs is 1. The topological polar surface area (TPSA) is 72.9 Å². The van der Waals surface area contributed by atoms with E-state index in [2.05, 4.69) is 17.1 Å². The molecular weight excluding hydrogens is 411 g/mol. The standard InChI is InChI=1S/C22H22F3N3O3/c1-2-27-11-13-3-4-17(8-15(13)12-27)28-6-5-22(31,21(28)30)20(29)26-10-14-7-16(23)9-18(24)19(14)25/h3-4,7-9,31H,2,5-6,10-12H2,1H3,(H,26,29). The lowest BCUT2D eigenvalue weighted by molar-refractivity contribution is -0.149. The third kappa shape index (κ3) is 3.79. The maximum Gasteiger partial charge on any atom is 0.268 e. The molecule has 6 nitrogen and oxygen atoms in total. The van der Waals surface area contributed by atoms with E-state index in [4.69, 9.17) is 0 Å². The van der Waals surface area contributed by atoms with E-state index in [1.54, 1.807) is 6.07 Å². The van der Waals surface area contributed by atoms with Crippen LogP contribution in [0.5, 0.6) is 0 Å². The molecule has 0 aromatic heterocycles. The summed E-state index contributed by atoms with van der Waals surface area (Å²) in [5.41, 5.74) is 0.0985. The average Bonchev–Trinajstić information content (AvgIpc) is 3.30. The monoisotopic (exact) mass is 433 g/mol. The molecule has 31 heavy (non-hydrogen) atoms. The van der Waals surface area contributed by atoms with Gasteiger partial charge in [0.15, 0.2) is 11.6 Å². The lowest BCUT2D eigenvalue weighted by atomic mass is 10.0. The molecule has 2 aliphatic heterocycles. The summed E-state index contributed by atoms with van der Waals surface area (Å²) in [5, 5.41) is 13.0. The SMILES string of the molecule is CCN1Cc2ccc(N3CCC(O)(C(=O)NCc4cc(F)cc(F)c4F)C3=O)cc2C1. The summed E-state index contributed by atoms with van der Waals surface area (Å²) in [5.74, 6) is -5.51. The highest BCUT2D eigenvalue weighted by Gasteiger charge is 2.51. The molecule has 0 aliphatic carbocycles. The van der Waals surface area contributed by atoms with Gasteiger partial charge in [-0.25, -0.2) is 13.2 Å². The molecule has 0 saturated carbocycles. The fourth-order valence-corrected chi connectivity index (χ4v) is 4.06. The van der Waals surface area contributed by atoms with E-state index in [0.29, 0.717) is 11.8 Å². The van der Waals surface area contributed by atoms with Gasteiger partial charge in [0, 0.05) is 49.9 Å². The van der Waals surface area contributed by atoms with E-state index in [1.807, 2.05) is 12.1 Å². The lowest BCUT2D eigenvalue weighted by Gasteiger charge is -2.22. The number of aliphatic hydroxyl groups is 1. The van der Waals surface area contributed by atoms with Gasteiger partial charge in [-0.1, -0.05) is 13.0 Å². The summed E-state index contributed by atoms with van der Waals surface area (Å²) in [4.78, 5) is 29.0. The number of halogens is 3. The lowest BCUT2D eigenvalue weighted by Crippen LogP contribution is -2.52. The smallest absolute Gasteiger partial charge is 0.268 e. The number of hydrogen-bond donors (Lipinski definition) is 2. The second-order valence-corrected chi connectivity index (χ2v) is 7.87. The number of carbonyl (C=O) groups excluding carboxylic acids is 2. The summed E-state index contributed by atoms with van der Waals surface area (Å²) in [6.45, 7) is 4.14. The molecule has 9 heteroatoms. The van der Waals surface area contributed by atoms with Crippen LogP contribution in [-0.2, 0) is 29.2 Å². The van der Waals surface area contributed by atoms with E-state index < -0.39 is 47.0 Å². The van der Waals surface area contributed by atoms with Gasteiger partial charge in [-0.3, -0.25) is 14.5 Å². The number of nitrogens with zero attached hydrogens (tertiary/aromatic N) is 2. The van der Waals surface area contributed by atoms with E-state index in [0.717, 1.165) is 31.3 Å². The Morgan fingerprint density at radius 1 is 1.16 bits per heavy atom. The van der Waals surface area contributed by atoms with Crippen molar-refractivity contribution in [3.8, 4) is 0 Å². The van der Waals surface area contributed by atoms with Crippen LogP contribution >= 0.6 is 0 Å². The number of amides is 2. The Labute approximate surface area is 177 Å². The van der Waals surface area contributed by atoms with Gasteiger partial charge in [0.1, 0.15) is 5.82 Å². The molecule has 4 rings (SSSR count). The number of anilines is 1. The molecule has 1 saturated heterocycles. The Bertz CT molecular complexity index is 1060. The van der Waals surface area contributed by atoms with E-state index in [-0.39, 0.29) is 13.0 Å². The highest BCUT2D eigenvalue weighted by atomic mass is 19.2. The van der Waals surface area contributed by atoms with Crippen molar-refractivity contribution in [1.29, 1.82) is 0 Å². The second kappa shape index (κ2) is 7.97. The Morgan fingerprint density at radius 3 is 2.65 bits per heavy atom. The molecule has 1 unspecified atom stereocenters. The fraction of sp³-hybridized carbons (Fsp3) is 0.364. The van der Waals surface area contributed by atoms with Crippen molar-refractivity contribution in [2.75, 3.05) is 18.0 Å². The molecule has 2 aromatic rings. The minimum absolute atomic E-state index is 0.127. The highest BCUT2D eigenvalue weighted by molar-refractivity contribution is 6.16. The van der Waals surface area contributed by atoms with Crippen LogP contribution in [0.25, 0.3) is 0 Å². The molecular formula is C22H22F3N3O3. The third-order valence-corrected chi connectivity index (χ3v) is 5.92. The Kier molecular flexibility index (Phi) is 5.49. The predicted octanol–water partition coefficient (Wildman–Crippen LogP) is 2.22. The van der Waals surface area contributed by atoms with Crippen LogP contribution in [-0.4, -0.2) is 40.5 Å². The average molecular weight is 433 g/mol. The van der Waals surface area contributed by atoms with Gasteiger partial charge in [-0.05, 0) is 35.9 Å². The first-order chi connectivity index (χ1) is 14.7. The van der Waals surface area contributed by atoms with Crippen molar-refractivity contribution in [3.63, 3.8) is 0 Å². The molecule has 0 spiro atoms. The van der Waals surface area contributed by atoms with Crippen LogP contribution in [0.15, 0.2) is 30.3 Å². The summed E-state index contributed by atoms with van der Waals surface area (Å²) >= 11 is 0. The zero-order valence-electron chi connectivity index (χ0n) is 16.9. The molecule has 2 heterocycles. The van der Waals surface area contributed by atoms with Crippen LogP contribution in [0, 0.1) is 17.5 Å². The minimum Gasteiger partial charge on any atom is -0.372 e. The third-order valence-electron chi connectivity index (χ3n) is 5.92. The first kappa shape index (κ1) is 21.3. The van der Waals surface area contributed by atoms with Gasteiger partial charge >= 0.3 is 0 Å². The van der Waals surface area contributed by atoms with Crippen molar-refractivity contribution in [2.24, 2.45) is 0 Å². The summed E-state index contributed by atoms with van der Waals surface area (Å²) in [6, 6.07) is 6.74. The number of hydrogen-bond acceptors (Lipinski definition) is 4. The Morgan fingerprint density at radius 2 is 1.90 bits per heavy atom. The number of carbonyl (C=O) groups is 2. The zero-order chi connectivity index (χ0) is 22.3. The van der Waals surface area contributed by atoms with Crippen LogP contribution in [0.4, 0.5) is 18.9 Å². The molecule has 2 aliphatic rings. The maximum atomic E-state index is 13.8. The zero-order valence-corrected chi connectivity index (χ0v) is 16.9. The van der Waals surface area contributed by atoms with Crippen molar-refractivity contribution in [3.05, 3.63) is 64.5 Å². The first-order valence-corrected chi connectivity index (χ1v) is 10.0. The predicted molar refractivity (Wildman–Crippen MR) is 106 cm³/mol. The van der Waals surface area contributed by atoms with Gasteiger partial charge in [0.05, 0.1) is 0 Å². The van der Waals surface area contributed by atoms with Gasteiger partial charge in [-0.15, -0.1) is 0 Å². The van der Waals surface area contributed by atoms with Crippen molar-refractivity contribution in [1.82, 2.24) is 10.2 Å².